The maximum Gasteiger partial charge on any atom is 0.254 e. The second-order valence-electron chi connectivity index (χ2n) is 6.63. The highest BCUT2D eigenvalue weighted by atomic mass is 16.3. The number of amides is 1. The van der Waals surface area contributed by atoms with Gasteiger partial charge in [-0.15, -0.1) is 0 Å². The van der Waals surface area contributed by atoms with Gasteiger partial charge in [-0.05, 0) is 32.3 Å². The van der Waals surface area contributed by atoms with Crippen LogP contribution in [0.15, 0.2) is 12.3 Å². The van der Waals surface area contributed by atoms with Crippen LogP contribution in [-0.2, 0) is 0 Å². The van der Waals surface area contributed by atoms with Crippen LogP contribution < -0.4 is 5.32 Å². The molecule has 0 saturated carbocycles. The fraction of sp³-hybridized carbons (Fsp3) is 0.556. The lowest BCUT2D eigenvalue weighted by Gasteiger charge is -2.11. The highest BCUT2D eigenvalue weighted by molar-refractivity contribution is 5.95. The average Bonchev–Trinajstić information content (AvgIpc) is 2.97. The van der Waals surface area contributed by atoms with Gasteiger partial charge < -0.3 is 10.4 Å². The zero-order valence-electron chi connectivity index (χ0n) is 15.6. The first-order chi connectivity index (χ1) is 11.8. The lowest BCUT2D eigenvalue weighted by molar-refractivity contribution is 0.0909. The van der Waals surface area contributed by atoms with Crippen LogP contribution in [0.2, 0.25) is 0 Å². The summed E-state index contributed by atoms with van der Waals surface area (Å²) in [5.41, 5.74) is 2.86. The minimum atomic E-state index is -0.533. The molecule has 2 aromatic heterocycles. The van der Waals surface area contributed by atoms with Gasteiger partial charge >= 0.3 is 0 Å². The van der Waals surface area contributed by atoms with Crippen molar-refractivity contribution in [2.45, 2.75) is 59.5 Å². The monoisotopic (exact) mass is 345 g/mol. The summed E-state index contributed by atoms with van der Waals surface area (Å²) in [6.45, 7) is 9.99. The molecule has 1 unspecified atom stereocenters. The summed E-state index contributed by atoms with van der Waals surface area (Å²) in [5, 5.41) is 17.1. The zero-order valence-corrected chi connectivity index (χ0v) is 15.6. The summed E-state index contributed by atoms with van der Waals surface area (Å²) in [7, 11) is 0. The van der Waals surface area contributed by atoms with Gasteiger partial charge in [-0.2, -0.15) is 5.10 Å². The molecule has 0 bridgehead atoms. The molecule has 0 spiro atoms. The van der Waals surface area contributed by atoms with E-state index in [4.69, 9.17) is 0 Å². The van der Waals surface area contributed by atoms with Crippen molar-refractivity contribution in [3.05, 3.63) is 34.9 Å². The van der Waals surface area contributed by atoms with Gasteiger partial charge in [0, 0.05) is 24.1 Å². The lowest BCUT2D eigenvalue weighted by atomic mass is 10.1. The molecule has 0 aromatic carbocycles. The summed E-state index contributed by atoms with van der Waals surface area (Å²) < 4.78 is 1.55. The van der Waals surface area contributed by atoms with Crippen LogP contribution in [0.25, 0.3) is 5.95 Å². The number of aromatic nitrogens is 4. The molecule has 1 atom stereocenters. The molecule has 7 heteroatoms. The molecule has 25 heavy (non-hydrogen) atoms. The number of carbonyl (C=O) groups is 1. The summed E-state index contributed by atoms with van der Waals surface area (Å²) >= 11 is 0. The quantitative estimate of drug-likeness (QED) is 0.803. The first-order valence-electron chi connectivity index (χ1n) is 8.70. The van der Waals surface area contributed by atoms with Gasteiger partial charge in [0.25, 0.3) is 11.9 Å². The van der Waals surface area contributed by atoms with E-state index in [9.17, 15) is 9.90 Å². The molecule has 0 fully saturated rings. The van der Waals surface area contributed by atoms with Crippen LogP contribution in [0.4, 0.5) is 0 Å². The Morgan fingerprint density at radius 1 is 1.28 bits per heavy atom. The summed E-state index contributed by atoms with van der Waals surface area (Å²) in [6, 6.07) is 1.89. The van der Waals surface area contributed by atoms with Crippen LogP contribution in [0.3, 0.4) is 0 Å². The molecule has 2 aromatic rings. The zero-order chi connectivity index (χ0) is 18.6. The van der Waals surface area contributed by atoms with E-state index in [1.807, 2.05) is 40.7 Å². The van der Waals surface area contributed by atoms with Crippen molar-refractivity contribution in [1.82, 2.24) is 25.1 Å². The van der Waals surface area contributed by atoms with Crippen molar-refractivity contribution in [3.63, 3.8) is 0 Å². The number of aliphatic hydroxyl groups excluding tert-OH is 1. The Labute approximate surface area is 148 Å². The topological polar surface area (TPSA) is 92.9 Å². The highest BCUT2D eigenvalue weighted by Crippen LogP contribution is 2.19. The van der Waals surface area contributed by atoms with Gasteiger partial charge in [0.15, 0.2) is 0 Å². The molecule has 2 heterocycles. The van der Waals surface area contributed by atoms with Crippen molar-refractivity contribution in [2.24, 2.45) is 0 Å². The second kappa shape index (κ2) is 8.20. The fourth-order valence-corrected chi connectivity index (χ4v) is 2.64. The van der Waals surface area contributed by atoms with Crippen LogP contribution in [0.5, 0.6) is 0 Å². The molecule has 0 aliphatic heterocycles. The number of hydrogen-bond donors (Lipinski definition) is 2. The Bertz CT molecular complexity index is 719. The van der Waals surface area contributed by atoms with Crippen molar-refractivity contribution < 1.29 is 9.90 Å². The number of nitrogens with one attached hydrogen (secondary N) is 1. The Morgan fingerprint density at radius 2 is 1.92 bits per heavy atom. The van der Waals surface area contributed by atoms with Gasteiger partial charge in [0.1, 0.15) is 0 Å². The normalized spacial score (nSPS) is 12.4. The number of nitrogens with zero attached hydrogens (tertiary/aromatic N) is 4. The Balaban J connectivity index is 2.28. The molecule has 7 nitrogen and oxygen atoms in total. The van der Waals surface area contributed by atoms with E-state index >= 15 is 0 Å². The second-order valence-corrected chi connectivity index (χ2v) is 6.63. The predicted octanol–water partition coefficient (Wildman–Crippen LogP) is 2.29. The molecule has 0 saturated heterocycles. The number of aliphatic hydroxyl groups is 1. The maximum absolute atomic E-state index is 12.5. The molecule has 0 aliphatic carbocycles. The Morgan fingerprint density at radius 3 is 2.48 bits per heavy atom. The lowest BCUT2D eigenvalue weighted by Crippen LogP contribution is -2.32. The van der Waals surface area contributed by atoms with Crippen molar-refractivity contribution in [3.8, 4) is 5.95 Å². The van der Waals surface area contributed by atoms with Crippen LogP contribution in [0.1, 0.15) is 67.0 Å². The van der Waals surface area contributed by atoms with Crippen LogP contribution >= 0.6 is 0 Å². The number of rotatable bonds is 7. The van der Waals surface area contributed by atoms with Crippen molar-refractivity contribution in [1.29, 1.82) is 0 Å². The van der Waals surface area contributed by atoms with Gasteiger partial charge in [0.05, 0.1) is 17.4 Å². The number of carbonyl (C=O) groups excluding carboxylic acids is 1. The molecular weight excluding hydrogens is 318 g/mol. The Kier molecular flexibility index (Phi) is 6.25. The smallest absolute Gasteiger partial charge is 0.254 e. The summed E-state index contributed by atoms with van der Waals surface area (Å²) in [6.07, 6.45) is 2.66. The third-order valence-corrected chi connectivity index (χ3v) is 3.83. The van der Waals surface area contributed by atoms with Gasteiger partial charge in [-0.25, -0.2) is 14.6 Å². The average molecular weight is 345 g/mol. The van der Waals surface area contributed by atoms with E-state index in [0.717, 1.165) is 17.8 Å². The minimum Gasteiger partial charge on any atom is -0.391 e. The molecule has 0 radical (unpaired) electrons. The molecule has 136 valence electrons. The van der Waals surface area contributed by atoms with E-state index in [1.54, 1.807) is 10.9 Å². The maximum atomic E-state index is 12.5. The molecule has 2 N–H and O–H groups in total. The number of hydrogen-bond acceptors (Lipinski definition) is 5. The third-order valence-electron chi connectivity index (χ3n) is 3.83. The largest absolute Gasteiger partial charge is 0.391 e. The van der Waals surface area contributed by atoms with Gasteiger partial charge in [0.2, 0.25) is 0 Å². The van der Waals surface area contributed by atoms with E-state index in [2.05, 4.69) is 20.4 Å². The summed E-state index contributed by atoms with van der Waals surface area (Å²) in [4.78, 5) is 21.3. The van der Waals surface area contributed by atoms with E-state index < -0.39 is 6.10 Å². The molecule has 0 aliphatic rings. The highest BCUT2D eigenvalue weighted by Gasteiger charge is 2.20. The van der Waals surface area contributed by atoms with E-state index in [1.165, 1.54) is 0 Å². The van der Waals surface area contributed by atoms with E-state index in [-0.39, 0.29) is 18.4 Å². The van der Waals surface area contributed by atoms with Crippen molar-refractivity contribution in [2.75, 3.05) is 6.54 Å². The minimum absolute atomic E-state index is 0.0773. The number of aryl methyl sites for hydroxylation is 2. The fourth-order valence-electron chi connectivity index (χ4n) is 2.64. The Hall–Kier alpha value is -2.28. The molecule has 2 rings (SSSR count). The molecular formula is C18H27N5O2. The molecule has 1 amide bonds. The van der Waals surface area contributed by atoms with Crippen LogP contribution in [0, 0.1) is 13.8 Å². The van der Waals surface area contributed by atoms with E-state index in [0.29, 0.717) is 23.6 Å². The third kappa shape index (κ3) is 4.85. The standard InChI is InChI=1S/C18H27N5O2/c1-6-7-14(24)9-19-17(25)15-10-23(22-16(15)11(2)3)18-20-12(4)8-13(5)21-18/h8,10-11,14,24H,6-7,9H2,1-5H3,(H,19,25). The van der Waals surface area contributed by atoms with Gasteiger partial charge in [-0.3, -0.25) is 4.79 Å². The predicted molar refractivity (Wildman–Crippen MR) is 96.0 cm³/mol. The SMILES string of the molecule is CCCC(O)CNC(=O)c1cn(-c2nc(C)cc(C)n2)nc1C(C)C. The first kappa shape index (κ1) is 19.1. The van der Waals surface area contributed by atoms with Crippen molar-refractivity contribution >= 4 is 5.91 Å². The first-order valence-corrected chi connectivity index (χ1v) is 8.70. The van der Waals surface area contributed by atoms with Crippen LogP contribution in [-0.4, -0.2) is 43.4 Å². The summed E-state index contributed by atoms with van der Waals surface area (Å²) in [5.74, 6) is 0.285. The van der Waals surface area contributed by atoms with Gasteiger partial charge in [-0.1, -0.05) is 27.2 Å².